The number of aliphatic hydroxyl groups is 1. The van der Waals surface area contributed by atoms with Gasteiger partial charge in [0.1, 0.15) is 0 Å². The van der Waals surface area contributed by atoms with Gasteiger partial charge in [-0.1, -0.05) is 19.3 Å². The molecule has 22 heavy (non-hydrogen) atoms. The van der Waals surface area contributed by atoms with Crippen molar-refractivity contribution in [2.75, 3.05) is 26.3 Å². The number of hydrogen-bond donors (Lipinski definition) is 1. The smallest absolute Gasteiger partial charge is 0.225 e. The largest absolute Gasteiger partial charge is 0.389 e. The molecule has 1 N–H and O–H groups in total. The number of carbonyl (C=O) groups is 1. The van der Waals surface area contributed by atoms with E-state index in [0.717, 1.165) is 76.7 Å². The molecular formula is C18H31NO3. The average Bonchev–Trinajstić information content (AvgIpc) is 2.56. The Balaban J connectivity index is 1.45. The third-order valence-electron chi connectivity index (χ3n) is 6.09. The molecule has 1 aliphatic carbocycles. The molecule has 1 amide bonds. The van der Waals surface area contributed by atoms with E-state index in [4.69, 9.17) is 4.74 Å². The second kappa shape index (κ2) is 7.31. The number of amides is 1. The second-order valence-electron chi connectivity index (χ2n) is 7.63. The van der Waals surface area contributed by atoms with Crippen LogP contribution in [0.25, 0.3) is 0 Å². The van der Waals surface area contributed by atoms with Crippen molar-refractivity contribution >= 4 is 5.91 Å². The minimum Gasteiger partial charge on any atom is -0.389 e. The molecule has 0 unspecified atom stereocenters. The van der Waals surface area contributed by atoms with Crippen LogP contribution in [0.3, 0.4) is 0 Å². The molecule has 3 aliphatic rings. The summed E-state index contributed by atoms with van der Waals surface area (Å²) in [5.41, 5.74) is -0.715. The van der Waals surface area contributed by atoms with Gasteiger partial charge in [-0.15, -0.1) is 0 Å². The number of carbonyl (C=O) groups excluding carboxylic acids is 1. The van der Waals surface area contributed by atoms with E-state index in [1.54, 1.807) is 0 Å². The van der Waals surface area contributed by atoms with Crippen molar-refractivity contribution in [2.45, 2.75) is 69.8 Å². The van der Waals surface area contributed by atoms with Crippen LogP contribution in [-0.4, -0.2) is 47.8 Å². The summed E-state index contributed by atoms with van der Waals surface area (Å²) in [6.45, 7) is 3.60. The van der Waals surface area contributed by atoms with Crippen LogP contribution in [-0.2, 0) is 9.53 Å². The van der Waals surface area contributed by atoms with E-state index in [9.17, 15) is 9.90 Å². The van der Waals surface area contributed by atoms with Gasteiger partial charge >= 0.3 is 0 Å². The number of likely N-dealkylation sites (tertiary alicyclic amines) is 1. The predicted molar refractivity (Wildman–Crippen MR) is 85.5 cm³/mol. The summed E-state index contributed by atoms with van der Waals surface area (Å²) in [7, 11) is 0. The molecule has 3 fully saturated rings. The Labute approximate surface area is 134 Å². The standard InChI is InChI=1S/C18H31NO3/c20-17(14-18(21)8-2-1-3-9-18)19-10-4-15(5-11-19)16-6-12-22-13-7-16/h15-16,21H,1-14H2. The van der Waals surface area contributed by atoms with Gasteiger partial charge in [-0.2, -0.15) is 0 Å². The summed E-state index contributed by atoms with van der Waals surface area (Å²) in [5.74, 6) is 1.74. The molecule has 0 aromatic rings. The van der Waals surface area contributed by atoms with E-state index in [1.165, 1.54) is 19.3 Å². The molecular weight excluding hydrogens is 278 g/mol. The van der Waals surface area contributed by atoms with Crippen LogP contribution in [0, 0.1) is 11.8 Å². The Hall–Kier alpha value is -0.610. The molecule has 0 aromatic heterocycles. The van der Waals surface area contributed by atoms with Crippen molar-refractivity contribution < 1.29 is 14.6 Å². The van der Waals surface area contributed by atoms with Crippen molar-refractivity contribution in [3.8, 4) is 0 Å². The Bertz CT molecular complexity index is 365. The molecule has 0 aromatic carbocycles. The first-order valence-corrected chi connectivity index (χ1v) is 9.24. The first kappa shape index (κ1) is 16.3. The van der Waals surface area contributed by atoms with Gasteiger partial charge in [0, 0.05) is 26.3 Å². The third-order valence-corrected chi connectivity index (χ3v) is 6.09. The fraction of sp³-hybridized carbons (Fsp3) is 0.944. The minimum absolute atomic E-state index is 0.176. The summed E-state index contributed by atoms with van der Waals surface area (Å²) in [5, 5.41) is 10.6. The van der Waals surface area contributed by atoms with E-state index in [2.05, 4.69) is 0 Å². The lowest BCUT2D eigenvalue weighted by Crippen LogP contribution is -2.45. The van der Waals surface area contributed by atoms with E-state index in [0.29, 0.717) is 6.42 Å². The lowest BCUT2D eigenvalue weighted by Gasteiger charge is -2.39. The molecule has 0 atom stereocenters. The van der Waals surface area contributed by atoms with Gasteiger partial charge in [-0.25, -0.2) is 0 Å². The maximum Gasteiger partial charge on any atom is 0.225 e. The van der Waals surface area contributed by atoms with E-state index < -0.39 is 5.60 Å². The van der Waals surface area contributed by atoms with Crippen LogP contribution in [0.5, 0.6) is 0 Å². The van der Waals surface area contributed by atoms with Gasteiger partial charge < -0.3 is 14.7 Å². The van der Waals surface area contributed by atoms with Crippen molar-refractivity contribution in [1.29, 1.82) is 0 Å². The van der Waals surface area contributed by atoms with Gasteiger partial charge in [0.2, 0.25) is 5.91 Å². The number of piperidine rings is 1. The molecule has 126 valence electrons. The highest BCUT2D eigenvalue weighted by atomic mass is 16.5. The van der Waals surface area contributed by atoms with Gasteiger partial charge in [-0.3, -0.25) is 4.79 Å². The van der Waals surface area contributed by atoms with Gasteiger partial charge in [-0.05, 0) is 50.4 Å². The fourth-order valence-corrected chi connectivity index (χ4v) is 4.59. The SMILES string of the molecule is O=C(CC1(O)CCCCC1)N1CCC(C2CCOCC2)CC1. The summed E-state index contributed by atoms with van der Waals surface area (Å²) in [6, 6.07) is 0. The minimum atomic E-state index is -0.715. The molecule has 1 saturated carbocycles. The van der Waals surface area contributed by atoms with Crippen LogP contribution in [0.4, 0.5) is 0 Å². The Morgan fingerprint density at radius 1 is 1.00 bits per heavy atom. The highest BCUT2D eigenvalue weighted by Crippen LogP contribution is 2.34. The highest BCUT2D eigenvalue weighted by molar-refractivity contribution is 5.77. The zero-order valence-electron chi connectivity index (χ0n) is 13.8. The van der Waals surface area contributed by atoms with E-state index in [1.807, 2.05) is 4.90 Å². The molecule has 4 nitrogen and oxygen atoms in total. The monoisotopic (exact) mass is 309 g/mol. The average molecular weight is 309 g/mol. The molecule has 0 bridgehead atoms. The fourth-order valence-electron chi connectivity index (χ4n) is 4.59. The molecule has 0 spiro atoms. The van der Waals surface area contributed by atoms with Gasteiger partial charge in [0.05, 0.1) is 12.0 Å². The number of nitrogens with zero attached hydrogens (tertiary/aromatic N) is 1. The topological polar surface area (TPSA) is 49.8 Å². The zero-order chi connectivity index (χ0) is 15.4. The predicted octanol–water partition coefficient (Wildman–Crippen LogP) is 2.74. The van der Waals surface area contributed by atoms with Crippen molar-refractivity contribution in [3.63, 3.8) is 0 Å². The summed E-state index contributed by atoms with van der Waals surface area (Å²) < 4.78 is 5.45. The Kier molecular flexibility index (Phi) is 5.40. The third kappa shape index (κ3) is 4.02. The van der Waals surface area contributed by atoms with Gasteiger partial charge in [0.25, 0.3) is 0 Å². The second-order valence-corrected chi connectivity index (χ2v) is 7.63. The molecule has 2 aliphatic heterocycles. The van der Waals surface area contributed by atoms with Crippen molar-refractivity contribution in [3.05, 3.63) is 0 Å². The Morgan fingerprint density at radius 2 is 1.59 bits per heavy atom. The molecule has 4 heteroatoms. The molecule has 0 radical (unpaired) electrons. The van der Waals surface area contributed by atoms with Crippen LogP contribution < -0.4 is 0 Å². The highest BCUT2D eigenvalue weighted by Gasteiger charge is 2.35. The number of hydrogen-bond acceptors (Lipinski definition) is 3. The summed E-state index contributed by atoms with van der Waals surface area (Å²) in [4.78, 5) is 14.5. The first-order valence-electron chi connectivity index (χ1n) is 9.24. The van der Waals surface area contributed by atoms with Crippen LogP contribution in [0.1, 0.15) is 64.2 Å². The number of rotatable bonds is 3. The normalized spacial score (nSPS) is 27.8. The van der Waals surface area contributed by atoms with E-state index >= 15 is 0 Å². The quantitative estimate of drug-likeness (QED) is 0.872. The van der Waals surface area contributed by atoms with Crippen molar-refractivity contribution in [1.82, 2.24) is 4.90 Å². The maximum absolute atomic E-state index is 12.5. The van der Waals surface area contributed by atoms with Crippen LogP contribution in [0.15, 0.2) is 0 Å². The first-order chi connectivity index (χ1) is 10.7. The maximum atomic E-state index is 12.5. The van der Waals surface area contributed by atoms with Crippen LogP contribution in [0.2, 0.25) is 0 Å². The summed E-state index contributed by atoms with van der Waals surface area (Å²) in [6.07, 6.45) is 9.93. The van der Waals surface area contributed by atoms with Gasteiger partial charge in [0.15, 0.2) is 0 Å². The molecule has 2 heterocycles. The Morgan fingerprint density at radius 3 is 2.23 bits per heavy atom. The lowest BCUT2D eigenvalue weighted by molar-refractivity contribution is -0.139. The lowest BCUT2D eigenvalue weighted by atomic mass is 9.79. The zero-order valence-corrected chi connectivity index (χ0v) is 13.8. The van der Waals surface area contributed by atoms with Crippen LogP contribution >= 0.6 is 0 Å². The molecule has 2 saturated heterocycles. The summed E-state index contributed by atoms with van der Waals surface area (Å²) >= 11 is 0. The van der Waals surface area contributed by atoms with Crippen molar-refractivity contribution in [2.24, 2.45) is 11.8 Å². The van der Waals surface area contributed by atoms with E-state index in [-0.39, 0.29) is 5.91 Å². The molecule has 3 rings (SSSR count). The number of ether oxygens (including phenoxy) is 1.